The zero-order valence-electron chi connectivity index (χ0n) is 15.0. The number of rotatable bonds is 2. The number of carbonyl (C=O) groups is 1. The van der Waals surface area contributed by atoms with Gasteiger partial charge in [-0.05, 0) is 61.8 Å². The molecule has 0 aromatic heterocycles. The van der Waals surface area contributed by atoms with Gasteiger partial charge in [-0.1, -0.05) is 31.4 Å². The first-order valence-electron chi connectivity index (χ1n) is 9.90. The van der Waals surface area contributed by atoms with Crippen LogP contribution in [0.3, 0.4) is 0 Å². The number of hydrogen-bond donors (Lipinski definition) is 1. The van der Waals surface area contributed by atoms with E-state index in [-0.39, 0.29) is 5.82 Å². The molecule has 1 aromatic rings. The van der Waals surface area contributed by atoms with E-state index in [4.69, 9.17) is 0 Å². The van der Waals surface area contributed by atoms with Crippen molar-refractivity contribution in [2.45, 2.75) is 56.8 Å². The molecule has 0 bridgehead atoms. The maximum atomic E-state index is 13.6. The summed E-state index contributed by atoms with van der Waals surface area (Å²) in [6.45, 7) is 3.98. The molecule has 1 aromatic carbocycles. The van der Waals surface area contributed by atoms with Crippen molar-refractivity contribution < 1.29 is 9.18 Å². The molecule has 25 heavy (non-hydrogen) atoms. The number of likely N-dealkylation sites (tertiary alicyclic amines) is 1. The van der Waals surface area contributed by atoms with Crippen LogP contribution in [-0.4, -0.2) is 37.0 Å². The van der Waals surface area contributed by atoms with Crippen LogP contribution in [0.15, 0.2) is 24.3 Å². The van der Waals surface area contributed by atoms with E-state index in [0.717, 1.165) is 70.3 Å². The number of halogens is 1. The summed E-state index contributed by atoms with van der Waals surface area (Å²) in [5.74, 6) is 0.0652. The summed E-state index contributed by atoms with van der Waals surface area (Å²) in [4.78, 5) is 15.7. The first-order chi connectivity index (χ1) is 12.1. The molecule has 4 rings (SSSR count). The number of nitrogens with one attached hydrogen (secondary N) is 1. The molecule has 1 N–H and O–H groups in total. The van der Waals surface area contributed by atoms with Crippen molar-refractivity contribution in [3.05, 3.63) is 35.6 Å². The normalized spacial score (nSPS) is 25.2. The molecule has 4 heteroatoms. The second kappa shape index (κ2) is 6.71. The van der Waals surface area contributed by atoms with Crippen molar-refractivity contribution in [3.8, 4) is 0 Å². The Kier molecular flexibility index (Phi) is 4.57. The number of nitrogens with zero attached hydrogens (tertiary/aromatic N) is 1. The lowest BCUT2D eigenvalue weighted by Gasteiger charge is -2.45. The number of benzene rings is 1. The van der Waals surface area contributed by atoms with E-state index in [0.29, 0.717) is 11.3 Å². The molecule has 2 heterocycles. The Morgan fingerprint density at radius 2 is 1.64 bits per heavy atom. The van der Waals surface area contributed by atoms with E-state index in [1.807, 2.05) is 12.1 Å². The number of piperidine rings is 1. The van der Waals surface area contributed by atoms with E-state index in [2.05, 4.69) is 10.2 Å². The zero-order valence-corrected chi connectivity index (χ0v) is 15.0. The van der Waals surface area contributed by atoms with Crippen molar-refractivity contribution in [1.82, 2.24) is 10.2 Å². The Bertz CT molecular complexity index is 605. The standard InChI is InChI=1S/C21H29FN2O/c22-18-6-4-17(5-7-18)21(8-2-1-3-9-21)19(25)24-14-11-20(12-15-24)10-13-23-16-20/h4-7,23H,1-3,8-16H2. The molecular weight excluding hydrogens is 315 g/mol. The largest absolute Gasteiger partial charge is 0.342 e. The molecule has 1 amide bonds. The first-order valence-corrected chi connectivity index (χ1v) is 9.90. The predicted molar refractivity (Wildman–Crippen MR) is 96.9 cm³/mol. The third kappa shape index (κ3) is 3.10. The van der Waals surface area contributed by atoms with E-state index < -0.39 is 5.41 Å². The van der Waals surface area contributed by atoms with Gasteiger partial charge in [0.15, 0.2) is 0 Å². The highest BCUT2D eigenvalue weighted by Crippen LogP contribution is 2.43. The highest BCUT2D eigenvalue weighted by Gasteiger charge is 2.46. The molecule has 1 saturated carbocycles. The monoisotopic (exact) mass is 344 g/mol. The number of amides is 1. The van der Waals surface area contributed by atoms with E-state index in [1.165, 1.54) is 25.0 Å². The molecule has 3 nitrogen and oxygen atoms in total. The summed E-state index contributed by atoms with van der Waals surface area (Å²) in [7, 11) is 0. The molecule has 1 spiro atoms. The van der Waals surface area contributed by atoms with Crippen LogP contribution in [0.1, 0.15) is 56.9 Å². The fourth-order valence-electron chi connectivity index (χ4n) is 5.26. The van der Waals surface area contributed by atoms with Gasteiger partial charge in [0, 0.05) is 19.6 Å². The zero-order chi connectivity index (χ0) is 17.3. The van der Waals surface area contributed by atoms with Crippen LogP contribution >= 0.6 is 0 Å². The summed E-state index contributed by atoms with van der Waals surface area (Å²) in [6.07, 6.45) is 8.66. The first kappa shape index (κ1) is 17.0. The second-order valence-electron chi connectivity index (χ2n) is 8.37. The smallest absolute Gasteiger partial charge is 0.233 e. The van der Waals surface area contributed by atoms with E-state index in [9.17, 15) is 9.18 Å². The van der Waals surface area contributed by atoms with Crippen LogP contribution in [0, 0.1) is 11.2 Å². The van der Waals surface area contributed by atoms with Gasteiger partial charge in [0.25, 0.3) is 0 Å². The highest BCUT2D eigenvalue weighted by molar-refractivity contribution is 5.88. The summed E-state index contributed by atoms with van der Waals surface area (Å²) < 4.78 is 13.4. The maximum absolute atomic E-state index is 13.6. The van der Waals surface area contributed by atoms with Crippen LogP contribution in [0.25, 0.3) is 0 Å². The van der Waals surface area contributed by atoms with Gasteiger partial charge in [0.1, 0.15) is 5.82 Å². The van der Waals surface area contributed by atoms with Crippen molar-refractivity contribution in [2.24, 2.45) is 5.41 Å². The van der Waals surface area contributed by atoms with Gasteiger partial charge in [-0.3, -0.25) is 4.79 Å². The molecular formula is C21H29FN2O. The van der Waals surface area contributed by atoms with E-state index in [1.54, 1.807) is 0 Å². The third-order valence-corrected chi connectivity index (χ3v) is 6.96. The average Bonchev–Trinajstić information content (AvgIpc) is 3.11. The van der Waals surface area contributed by atoms with Crippen molar-refractivity contribution in [3.63, 3.8) is 0 Å². The van der Waals surface area contributed by atoms with Gasteiger partial charge in [-0.2, -0.15) is 0 Å². The van der Waals surface area contributed by atoms with Gasteiger partial charge in [-0.25, -0.2) is 4.39 Å². The molecule has 2 aliphatic heterocycles. The van der Waals surface area contributed by atoms with Crippen LogP contribution in [0.5, 0.6) is 0 Å². The summed E-state index contributed by atoms with van der Waals surface area (Å²) in [6, 6.07) is 6.69. The van der Waals surface area contributed by atoms with E-state index >= 15 is 0 Å². The van der Waals surface area contributed by atoms with Crippen molar-refractivity contribution in [2.75, 3.05) is 26.2 Å². The fourth-order valence-corrected chi connectivity index (χ4v) is 5.26. The molecule has 136 valence electrons. The molecule has 0 radical (unpaired) electrons. The Labute approximate surface area is 150 Å². The molecule has 1 aliphatic carbocycles. The second-order valence-corrected chi connectivity index (χ2v) is 8.37. The van der Waals surface area contributed by atoms with Gasteiger partial charge < -0.3 is 10.2 Å². The lowest BCUT2D eigenvalue weighted by molar-refractivity contribution is -0.141. The van der Waals surface area contributed by atoms with Gasteiger partial charge >= 0.3 is 0 Å². The van der Waals surface area contributed by atoms with Gasteiger partial charge in [0.05, 0.1) is 5.41 Å². The topological polar surface area (TPSA) is 32.3 Å². The predicted octanol–water partition coefficient (Wildman–Crippen LogP) is 3.63. The van der Waals surface area contributed by atoms with Crippen LogP contribution < -0.4 is 5.32 Å². The SMILES string of the molecule is O=C(N1CCC2(CCNC2)CC1)C1(c2ccc(F)cc2)CCCCC1. The molecule has 3 fully saturated rings. The summed E-state index contributed by atoms with van der Waals surface area (Å²) in [5.41, 5.74) is 1.01. The molecule has 0 atom stereocenters. The Balaban J connectivity index is 1.55. The number of carbonyl (C=O) groups excluding carboxylic acids is 1. The Morgan fingerprint density at radius 1 is 0.960 bits per heavy atom. The lowest BCUT2D eigenvalue weighted by Crippen LogP contribution is -2.52. The molecule has 0 unspecified atom stereocenters. The summed E-state index contributed by atoms with van der Waals surface area (Å²) >= 11 is 0. The molecule has 2 saturated heterocycles. The minimum absolute atomic E-state index is 0.226. The number of hydrogen-bond acceptors (Lipinski definition) is 2. The Hall–Kier alpha value is -1.42. The fraction of sp³-hybridized carbons (Fsp3) is 0.667. The minimum Gasteiger partial charge on any atom is -0.342 e. The molecule has 3 aliphatic rings. The maximum Gasteiger partial charge on any atom is 0.233 e. The average molecular weight is 344 g/mol. The van der Waals surface area contributed by atoms with Gasteiger partial charge in [-0.15, -0.1) is 0 Å². The lowest BCUT2D eigenvalue weighted by atomic mass is 9.67. The Morgan fingerprint density at radius 3 is 2.24 bits per heavy atom. The third-order valence-electron chi connectivity index (χ3n) is 6.96. The minimum atomic E-state index is -0.426. The van der Waals surface area contributed by atoms with Crippen molar-refractivity contribution >= 4 is 5.91 Å². The quantitative estimate of drug-likeness (QED) is 0.888. The van der Waals surface area contributed by atoms with Crippen LogP contribution in [0.2, 0.25) is 0 Å². The highest BCUT2D eigenvalue weighted by atomic mass is 19.1. The van der Waals surface area contributed by atoms with Gasteiger partial charge in [0.2, 0.25) is 5.91 Å². The van der Waals surface area contributed by atoms with Crippen molar-refractivity contribution in [1.29, 1.82) is 0 Å². The van der Waals surface area contributed by atoms with Crippen LogP contribution in [0.4, 0.5) is 4.39 Å². The summed E-state index contributed by atoms with van der Waals surface area (Å²) in [5, 5.41) is 3.49. The van der Waals surface area contributed by atoms with Crippen LogP contribution in [-0.2, 0) is 10.2 Å².